The summed E-state index contributed by atoms with van der Waals surface area (Å²) < 4.78 is 4.91. The lowest BCUT2D eigenvalue weighted by Crippen LogP contribution is -2.46. The molecule has 0 amide bonds. The van der Waals surface area contributed by atoms with Crippen LogP contribution >= 0.6 is 0 Å². The molecule has 0 saturated carbocycles. The number of fused-ring (bicyclic) bond motifs is 1. The van der Waals surface area contributed by atoms with Gasteiger partial charge in [-0.25, -0.2) is 4.79 Å². The Morgan fingerprint density at radius 2 is 1.83 bits per heavy atom. The summed E-state index contributed by atoms with van der Waals surface area (Å²) >= 11 is 0. The summed E-state index contributed by atoms with van der Waals surface area (Å²) in [6.45, 7) is 0.431. The molecule has 0 N–H and O–H groups in total. The zero-order valence-corrected chi connectivity index (χ0v) is 12.6. The van der Waals surface area contributed by atoms with Crippen molar-refractivity contribution in [2.24, 2.45) is 0 Å². The summed E-state index contributed by atoms with van der Waals surface area (Å²) in [5, 5.41) is 11.3. The third-order valence-electron chi connectivity index (χ3n) is 4.11. The molecule has 3 rings (SSSR count). The molecule has 23 heavy (non-hydrogen) atoms. The van der Waals surface area contributed by atoms with Crippen molar-refractivity contribution in [2.75, 3.05) is 12.0 Å². The lowest BCUT2D eigenvalue weighted by molar-refractivity contribution is -0.384. The molecule has 0 spiro atoms. The summed E-state index contributed by atoms with van der Waals surface area (Å²) in [6, 6.07) is 13.7. The number of benzene rings is 2. The van der Waals surface area contributed by atoms with Crippen molar-refractivity contribution in [3.8, 4) is 0 Å². The van der Waals surface area contributed by atoms with Crippen LogP contribution in [0.3, 0.4) is 0 Å². The van der Waals surface area contributed by atoms with Gasteiger partial charge in [0.05, 0.1) is 12.0 Å². The van der Waals surface area contributed by atoms with E-state index in [1.807, 2.05) is 24.3 Å². The average molecular weight is 312 g/mol. The minimum atomic E-state index is -0.573. The molecule has 118 valence electrons. The maximum absolute atomic E-state index is 12.2. The minimum Gasteiger partial charge on any atom is -0.467 e. The fourth-order valence-electron chi connectivity index (χ4n) is 2.98. The van der Waals surface area contributed by atoms with Gasteiger partial charge in [0.25, 0.3) is 5.69 Å². The predicted molar refractivity (Wildman–Crippen MR) is 85.2 cm³/mol. The van der Waals surface area contributed by atoms with E-state index in [1.165, 1.54) is 13.2 Å². The Bertz CT molecular complexity index is 760. The van der Waals surface area contributed by atoms with E-state index in [2.05, 4.69) is 0 Å². The molecule has 0 saturated heterocycles. The molecular formula is C17H16N2O4. The van der Waals surface area contributed by atoms with Gasteiger partial charge in [0.15, 0.2) is 0 Å². The van der Waals surface area contributed by atoms with E-state index >= 15 is 0 Å². The van der Waals surface area contributed by atoms with Crippen LogP contribution in [0.2, 0.25) is 0 Å². The molecule has 0 fully saturated rings. The molecule has 0 radical (unpaired) electrons. The number of nitro groups is 1. The summed E-state index contributed by atoms with van der Waals surface area (Å²) in [5.41, 5.74) is 2.55. The second-order valence-electron chi connectivity index (χ2n) is 5.39. The number of ether oxygens (including phenoxy) is 1. The van der Waals surface area contributed by atoms with Crippen molar-refractivity contribution < 1.29 is 14.5 Å². The first kappa shape index (κ1) is 15.0. The molecule has 2 aromatic carbocycles. The van der Waals surface area contributed by atoms with Crippen LogP contribution < -0.4 is 4.90 Å². The van der Waals surface area contributed by atoms with Crippen LogP contribution in [0.5, 0.6) is 0 Å². The molecule has 0 aliphatic carbocycles. The molecule has 1 atom stereocenters. The van der Waals surface area contributed by atoms with Crippen LogP contribution in [0.1, 0.15) is 11.1 Å². The number of methoxy groups -OCH3 is 1. The summed E-state index contributed by atoms with van der Waals surface area (Å²) in [5.74, 6) is -0.391. The molecular weight excluding hydrogens is 296 g/mol. The second-order valence-corrected chi connectivity index (χ2v) is 5.39. The summed E-state index contributed by atoms with van der Waals surface area (Å²) in [4.78, 5) is 24.9. The SMILES string of the molecule is COC(=O)C1Cc2ccccc2CN1c1ccccc1[N+](=O)[O-]. The van der Waals surface area contributed by atoms with E-state index in [9.17, 15) is 14.9 Å². The van der Waals surface area contributed by atoms with Gasteiger partial charge in [-0.1, -0.05) is 36.4 Å². The molecule has 2 aromatic rings. The quantitative estimate of drug-likeness (QED) is 0.495. The number of hydrogen-bond donors (Lipinski definition) is 0. The van der Waals surface area contributed by atoms with Gasteiger partial charge in [0.1, 0.15) is 11.7 Å². The first-order chi connectivity index (χ1) is 11.1. The maximum Gasteiger partial charge on any atom is 0.328 e. The number of hydrogen-bond acceptors (Lipinski definition) is 5. The van der Waals surface area contributed by atoms with Crippen LogP contribution in [-0.2, 0) is 22.5 Å². The zero-order chi connectivity index (χ0) is 16.4. The van der Waals surface area contributed by atoms with Crippen LogP contribution in [0.25, 0.3) is 0 Å². The number of carbonyl (C=O) groups excluding carboxylic acids is 1. The van der Waals surface area contributed by atoms with E-state index in [-0.39, 0.29) is 5.69 Å². The van der Waals surface area contributed by atoms with E-state index in [4.69, 9.17) is 4.74 Å². The van der Waals surface area contributed by atoms with Gasteiger partial charge in [-0.15, -0.1) is 0 Å². The Morgan fingerprint density at radius 3 is 2.52 bits per heavy atom. The lowest BCUT2D eigenvalue weighted by atomic mass is 9.93. The molecule has 1 unspecified atom stereocenters. The van der Waals surface area contributed by atoms with E-state index in [0.717, 1.165) is 11.1 Å². The van der Waals surface area contributed by atoms with Crippen LogP contribution in [0.15, 0.2) is 48.5 Å². The monoisotopic (exact) mass is 312 g/mol. The number of rotatable bonds is 3. The van der Waals surface area contributed by atoms with Crippen molar-refractivity contribution in [3.63, 3.8) is 0 Å². The van der Waals surface area contributed by atoms with Gasteiger partial charge in [-0.2, -0.15) is 0 Å². The van der Waals surface area contributed by atoms with Gasteiger partial charge >= 0.3 is 5.97 Å². The van der Waals surface area contributed by atoms with Crippen molar-refractivity contribution >= 4 is 17.3 Å². The number of anilines is 1. The molecule has 0 bridgehead atoms. The predicted octanol–water partition coefficient (Wildman–Crippen LogP) is 2.70. The van der Waals surface area contributed by atoms with Gasteiger partial charge in [-0.3, -0.25) is 10.1 Å². The Kier molecular flexibility index (Phi) is 3.97. The van der Waals surface area contributed by atoms with Crippen molar-refractivity contribution in [2.45, 2.75) is 19.0 Å². The lowest BCUT2D eigenvalue weighted by Gasteiger charge is -2.36. The van der Waals surface area contributed by atoms with Crippen LogP contribution in [-0.4, -0.2) is 24.0 Å². The van der Waals surface area contributed by atoms with Crippen molar-refractivity contribution in [1.82, 2.24) is 0 Å². The Morgan fingerprint density at radius 1 is 1.17 bits per heavy atom. The van der Waals surface area contributed by atoms with Gasteiger partial charge < -0.3 is 9.64 Å². The first-order valence-corrected chi connectivity index (χ1v) is 7.26. The van der Waals surface area contributed by atoms with Gasteiger partial charge in [-0.05, 0) is 17.2 Å². The van der Waals surface area contributed by atoms with E-state index in [1.54, 1.807) is 23.1 Å². The minimum absolute atomic E-state index is 0.0132. The van der Waals surface area contributed by atoms with Gasteiger partial charge in [0, 0.05) is 19.0 Å². The molecule has 1 heterocycles. The standard InChI is InChI=1S/C17H16N2O4/c1-23-17(20)16-10-12-6-2-3-7-13(12)11-18(16)14-8-4-5-9-15(14)19(21)22/h2-9,16H,10-11H2,1H3. The normalized spacial score (nSPS) is 16.6. The van der Waals surface area contributed by atoms with Crippen LogP contribution in [0, 0.1) is 10.1 Å². The zero-order valence-electron chi connectivity index (χ0n) is 12.6. The molecule has 0 aromatic heterocycles. The smallest absolute Gasteiger partial charge is 0.328 e. The fraction of sp³-hybridized carbons (Fsp3) is 0.235. The third kappa shape index (κ3) is 2.75. The van der Waals surface area contributed by atoms with Crippen molar-refractivity contribution in [3.05, 3.63) is 69.8 Å². The number of para-hydroxylation sites is 2. The number of esters is 1. The highest BCUT2D eigenvalue weighted by atomic mass is 16.6. The highest BCUT2D eigenvalue weighted by Crippen LogP contribution is 2.34. The number of carbonyl (C=O) groups is 1. The summed E-state index contributed by atoms with van der Waals surface area (Å²) in [6.07, 6.45) is 0.467. The molecule has 6 nitrogen and oxygen atoms in total. The topological polar surface area (TPSA) is 72.7 Å². The molecule has 1 aliphatic heterocycles. The van der Waals surface area contributed by atoms with Crippen LogP contribution in [0.4, 0.5) is 11.4 Å². The van der Waals surface area contributed by atoms with Crippen molar-refractivity contribution in [1.29, 1.82) is 0 Å². The second kappa shape index (κ2) is 6.08. The maximum atomic E-state index is 12.2. The Hall–Kier alpha value is -2.89. The summed E-state index contributed by atoms with van der Waals surface area (Å²) in [7, 11) is 1.33. The highest BCUT2D eigenvalue weighted by molar-refractivity contribution is 5.83. The molecule has 1 aliphatic rings. The van der Waals surface area contributed by atoms with E-state index < -0.39 is 16.9 Å². The Labute approximate surface area is 133 Å². The largest absolute Gasteiger partial charge is 0.467 e. The average Bonchev–Trinajstić information content (AvgIpc) is 2.59. The number of nitrogens with zero attached hydrogens (tertiary/aromatic N) is 2. The molecule has 6 heteroatoms. The highest BCUT2D eigenvalue weighted by Gasteiger charge is 2.35. The number of nitro benzene ring substituents is 1. The fourth-order valence-corrected chi connectivity index (χ4v) is 2.98. The van der Waals surface area contributed by atoms with Gasteiger partial charge in [0.2, 0.25) is 0 Å². The third-order valence-corrected chi connectivity index (χ3v) is 4.11. The Balaban J connectivity index is 2.09. The first-order valence-electron chi connectivity index (χ1n) is 7.26. The van der Waals surface area contributed by atoms with E-state index in [0.29, 0.717) is 18.7 Å².